The van der Waals surface area contributed by atoms with Crippen molar-refractivity contribution in [2.45, 2.75) is 62.2 Å². The maximum absolute atomic E-state index is 13.0. The summed E-state index contributed by atoms with van der Waals surface area (Å²) in [6.07, 6.45) is 2.82. The molecule has 0 aromatic carbocycles. The van der Waals surface area contributed by atoms with E-state index in [2.05, 4.69) is 10.0 Å². The first kappa shape index (κ1) is 22.4. The third kappa shape index (κ3) is 3.52. The van der Waals surface area contributed by atoms with Gasteiger partial charge in [0, 0.05) is 38.2 Å². The average Bonchev–Trinajstić information content (AvgIpc) is 3.43. The maximum Gasteiger partial charge on any atom is 0.309 e. The molecule has 2 heterocycles. The van der Waals surface area contributed by atoms with Crippen LogP contribution in [0.3, 0.4) is 0 Å². The van der Waals surface area contributed by atoms with Crippen LogP contribution in [0.2, 0.25) is 0 Å². The summed E-state index contributed by atoms with van der Waals surface area (Å²) in [6.45, 7) is 0.615. The van der Waals surface area contributed by atoms with Crippen molar-refractivity contribution in [2.24, 2.45) is 40.6 Å². The van der Waals surface area contributed by atoms with Gasteiger partial charge in [0.05, 0.1) is 36.9 Å². The molecule has 5 rings (SSSR count). The number of cyclic esters (lactones) is 1. The Bertz CT molecular complexity index is 748. The highest BCUT2D eigenvalue weighted by atomic mass is 16.7. The number of esters is 1. The molecular weight excluding hydrogens is 418 g/mol. The van der Waals surface area contributed by atoms with Crippen molar-refractivity contribution < 1.29 is 33.2 Å². The lowest BCUT2D eigenvalue weighted by Crippen LogP contribution is -2.58. The van der Waals surface area contributed by atoms with Gasteiger partial charge in [0.1, 0.15) is 12.9 Å². The molecule has 178 valence electrons. The smallest absolute Gasteiger partial charge is 0.309 e. The number of nitrogens with zero attached hydrogens (tertiary/aromatic N) is 3. The lowest BCUT2D eigenvalue weighted by atomic mass is 9.51. The second-order valence-corrected chi connectivity index (χ2v) is 9.90. The molecule has 0 N–H and O–H groups in total. The maximum atomic E-state index is 13.0. The van der Waals surface area contributed by atoms with Gasteiger partial charge in [0.15, 0.2) is 0 Å². The standard InChI is InChI=1S/C22H33N3O7/c1-27-16-4-10(5-17(28-2)21(16)29-3)18-11-6-14-15(32-9-31-14)7-12(11)20(24-25-23)13-8-30-22(26)19(13)18/h10-21H,4-9H2,1-3H3/t10?,11?,12?,13-,14?,15?,16?,17?,18+,19-,20+,21?/m0/s1. The highest BCUT2D eigenvalue weighted by Gasteiger charge is 2.62. The van der Waals surface area contributed by atoms with Crippen molar-refractivity contribution in [3.63, 3.8) is 0 Å². The van der Waals surface area contributed by atoms with Crippen LogP contribution in [0.25, 0.3) is 10.4 Å². The van der Waals surface area contributed by atoms with E-state index >= 15 is 0 Å². The van der Waals surface area contributed by atoms with E-state index in [1.54, 1.807) is 21.3 Å². The van der Waals surface area contributed by atoms with E-state index in [4.69, 9.17) is 28.4 Å². The predicted octanol–water partition coefficient (Wildman–Crippen LogP) is 2.31. The molecule has 10 atom stereocenters. The number of fused-ring (bicyclic) bond motifs is 3. The normalized spacial score (nSPS) is 50.0. The lowest BCUT2D eigenvalue weighted by molar-refractivity contribution is -0.167. The van der Waals surface area contributed by atoms with Gasteiger partial charge in [-0.05, 0) is 54.9 Å². The number of hydrogen-bond donors (Lipinski definition) is 0. The fourth-order valence-electron chi connectivity index (χ4n) is 7.63. The Labute approximate surface area is 187 Å². The Hall–Kier alpha value is -1.42. The van der Waals surface area contributed by atoms with E-state index in [1.807, 2.05) is 0 Å². The second-order valence-electron chi connectivity index (χ2n) is 9.90. The molecule has 2 saturated heterocycles. The highest BCUT2D eigenvalue weighted by molar-refractivity contribution is 5.75. The molecule has 0 radical (unpaired) electrons. The Balaban J connectivity index is 1.52. The Morgan fingerprint density at radius 2 is 1.59 bits per heavy atom. The summed E-state index contributed by atoms with van der Waals surface area (Å²) in [5, 5.41) is 4.21. The Morgan fingerprint density at radius 1 is 0.938 bits per heavy atom. The zero-order valence-electron chi connectivity index (χ0n) is 18.9. The van der Waals surface area contributed by atoms with Crippen LogP contribution >= 0.6 is 0 Å². The van der Waals surface area contributed by atoms with Crippen LogP contribution in [0.1, 0.15) is 25.7 Å². The van der Waals surface area contributed by atoms with E-state index in [0.29, 0.717) is 13.4 Å². The van der Waals surface area contributed by atoms with Crippen LogP contribution in [-0.2, 0) is 33.2 Å². The van der Waals surface area contributed by atoms with Crippen LogP contribution in [-0.4, -0.2) is 77.3 Å². The molecule has 3 aliphatic carbocycles. The molecular formula is C22H33N3O7. The van der Waals surface area contributed by atoms with Crippen LogP contribution in [0.15, 0.2) is 5.11 Å². The highest BCUT2D eigenvalue weighted by Crippen LogP contribution is 2.57. The summed E-state index contributed by atoms with van der Waals surface area (Å²) < 4.78 is 34.6. The van der Waals surface area contributed by atoms with Gasteiger partial charge in [-0.3, -0.25) is 4.79 Å². The van der Waals surface area contributed by atoms with E-state index in [0.717, 1.165) is 25.7 Å². The third-order valence-electron chi connectivity index (χ3n) is 8.89. The SMILES string of the molecule is COC1CC([C@@H]2C3CC4OCOC4CC3[C@@H](N=[N+]=[N-])[C@H]3COC(=O)[C@H]23)CC(OC)C1OC. The first-order valence-electron chi connectivity index (χ1n) is 11.6. The molecule has 3 saturated carbocycles. The number of carbonyl (C=O) groups excluding carboxylic acids is 1. The topological polar surface area (TPSA) is 121 Å². The molecule has 5 fully saturated rings. The molecule has 5 aliphatic rings. The molecule has 32 heavy (non-hydrogen) atoms. The van der Waals surface area contributed by atoms with E-state index in [9.17, 15) is 10.3 Å². The summed E-state index contributed by atoms with van der Waals surface area (Å²) >= 11 is 0. The zero-order chi connectivity index (χ0) is 22.4. The van der Waals surface area contributed by atoms with Crippen molar-refractivity contribution in [1.29, 1.82) is 0 Å². The van der Waals surface area contributed by atoms with Gasteiger partial charge >= 0.3 is 5.97 Å². The summed E-state index contributed by atoms with van der Waals surface area (Å²) in [5.74, 6) is 0.0434. The van der Waals surface area contributed by atoms with Gasteiger partial charge in [-0.2, -0.15) is 0 Å². The molecule has 10 nitrogen and oxygen atoms in total. The monoisotopic (exact) mass is 451 g/mol. The van der Waals surface area contributed by atoms with Gasteiger partial charge in [0.25, 0.3) is 0 Å². The van der Waals surface area contributed by atoms with Gasteiger partial charge in [-0.25, -0.2) is 0 Å². The third-order valence-corrected chi connectivity index (χ3v) is 8.89. The number of azide groups is 1. The number of carbonyl (C=O) groups is 1. The summed E-state index contributed by atoms with van der Waals surface area (Å²) in [5.41, 5.74) is 9.32. The second kappa shape index (κ2) is 9.08. The summed E-state index contributed by atoms with van der Waals surface area (Å²) in [7, 11) is 5.09. The molecule has 0 bridgehead atoms. The van der Waals surface area contributed by atoms with Crippen LogP contribution < -0.4 is 0 Å². The average molecular weight is 452 g/mol. The van der Waals surface area contributed by atoms with Crippen LogP contribution in [0.5, 0.6) is 0 Å². The van der Waals surface area contributed by atoms with Crippen molar-refractivity contribution >= 4 is 5.97 Å². The van der Waals surface area contributed by atoms with Gasteiger partial charge in [-0.15, -0.1) is 0 Å². The van der Waals surface area contributed by atoms with Crippen molar-refractivity contribution in [3.8, 4) is 0 Å². The van der Waals surface area contributed by atoms with E-state index in [-0.39, 0.29) is 78.0 Å². The quantitative estimate of drug-likeness (QED) is 0.272. The molecule has 10 heteroatoms. The van der Waals surface area contributed by atoms with Crippen LogP contribution in [0.4, 0.5) is 0 Å². The largest absolute Gasteiger partial charge is 0.465 e. The molecule has 0 spiro atoms. The van der Waals surface area contributed by atoms with Crippen molar-refractivity contribution in [1.82, 2.24) is 0 Å². The van der Waals surface area contributed by atoms with Crippen LogP contribution in [0, 0.1) is 35.5 Å². The molecule has 2 aliphatic heterocycles. The number of methoxy groups -OCH3 is 3. The fraction of sp³-hybridized carbons (Fsp3) is 0.955. The first-order valence-corrected chi connectivity index (χ1v) is 11.6. The fourth-order valence-corrected chi connectivity index (χ4v) is 7.63. The van der Waals surface area contributed by atoms with Crippen molar-refractivity contribution in [2.75, 3.05) is 34.7 Å². The first-order chi connectivity index (χ1) is 15.6. The van der Waals surface area contributed by atoms with Crippen molar-refractivity contribution in [3.05, 3.63) is 10.4 Å². The molecule has 0 aromatic heterocycles. The lowest BCUT2D eigenvalue weighted by Gasteiger charge is -2.54. The Kier molecular flexibility index (Phi) is 6.35. The molecule has 0 aromatic rings. The van der Waals surface area contributed by atoms with Gasteiger partial charge < -0.3 is 28.4 Å². The molecule has 6 unspecified atom stereocenters. The number of hydrogen-bond acceptors (Lipinski definition) is 8. The summed E-state index contributed by atoms with van der Waals surface area (Å²) in [4.78, 5) is 16.2. The minimum Gasteiger partial charge on any atom is -0.465 e. The minimum atomic E-state index is -0.287. The number of ether oxygens (including phenoxy) is 6. The number of rotatable bonds is 5. The van der Waals surface area contributed by atoms with Gasteiger partial charge in [-0.1, -0.05) is 5.11 Å². The van der Waals surface area contributed by atoms with E-state index < -0.39 is 0 Å². The zero-order valence-corrected chi connectivity index (χ0v) is 18.9. The molecule has 0 amide bonds. The minimum absolute atomic E-state index is 0.0190. The predicted molar refractivity (Wildman–Crippen MR) is 110 cm³/mol. The summed E-state index contributed by atoms with van der Waals surface area (Å²) in [6, 6.07) is -0.269. The Morgan fingerprint density at radius 3 is 2.19 bits per heavy atom. The van der Waals surface area contributed by atoms with Gasteiger partial charge in [0.2, 0.25) is 0 Å². The van der Waals surface area contributed by atoms with E-state index in [1.165, 1.54) is 0 Å².